The van der Waals surface area contributed by atoms with Gasteiger partial charge in [0.05, 0.1) is 0 Å². The lowest BCUT2D eigenvalue weighted by Crippen LogP contribution is -2.07. The minimum absolute atomic E-state index is 0.499. The summed E-state index contributed by atoms with van der Waals surface area (Å²) in [6, 6.07) is 22.8. The highest BCUT2D eigenvalue weighted by molar-refractivity contribution is 7.98. The van der Waals surface area contributed by atoms with E-state index >= 15 is 0 Å². The molecule has 0 amide bonds. The summed E-state index contributed by atoms with van der Waals surface area (Å²) >= 11 is 7.79. The molecule has 0 atom stereocenters. The minimum atomic E-state index is 0.499. The Labute approximate surface area is 174 Å². The lowest BCUT2D eigenvalue weighted by molar-refractivity contribution is 0.498. The molecule has 0 N–H and O–H groups in total. The molecule has 0 aliphatic carbocycles. The number of aromatic nitrogens is 3. The van der Waals surface area contributed by atoms with Gasteiger partial charge in [0, 0.05) is 22.9 Å². The van der Waals surface area contributed by atoms with Crippen molar-refractivity contribution in [3.63, 3.8) is 0 Å². The van der Waals surface area contributed by atoms with Gasteiger partial charge in [0.15, 0.2) is 11.0 Å². The number of hydrogen-bond donors (Lipinski definition) is 0. The first-order valence-corrected chi connectivity index (χ1v) is 10.8. The number of rotatable bonds is 6. The fraction of sp³-hybridized carbons (Fsp3) is 0.217. The first-order chi connectivity index (χ1) is 13.6. The first kappa shape index (κ1) is 19.0. The molecule has 0 unspecified atom stereocenters. The molecule has 0 spiro atoms. The molecule has 3 aromatic carbocycles. The van der Waals surface area contributed by atoms with Crippen molar-refractivity contribution in [3.05, 3.63) is 77.3 Å². The van der Waals surface area contributed by atoms with Crippen LogP contribution in [0.15, 0.2) is 71.9 Å². The summed E-state index contributed by atoms with van der Waals surface area (Å²) in [5, 5.41) is 13.2. The van der Waals surface area contributed by atoms with Gasteiger partial charge < -0.3 is 4.57 Å². The summed E-state index contributed by atoms with van der Waals surface area (Å²) in [5.74, 6) is 2.25. The predicted molar refractivity (Wildman–Crippen MR) is 119 cm³/mol. The SMILES string of the molecule is CC(C)Cn1c(SCc2cccc3ccccc23)nnc1-c1ccc(Cl)cc1. The van der Waals surface area contributed by atoms with Crippen LogP contribution < -0.4 is 0 Å². The van der Waals surface area contributed by atoms with Crippen LogP contribution >= 0.6 is 23.4 Å². The maximum atomic E-state index is 6.05. The van der Waals surface area contributed by atoms with Crippen molar-refractivity contribution in [2.45, 2.75) is 31.3 Å². The van der Waals surface area contributed by atoms with Crippen LogP contribution in [0, 0.1) is 5.92 Å². The van der Waals surface area contributed by atoms with Crippen molar-refractivity contribution in [2.75, 3.05) is 0 Å². The highest BCUT2D eigenvalue weighted by Crippen LogP contribution is 2.30. The highest BCUT2D eigenvalue weighted by Gasteiger charge is 2.16. The molecule has 0 saturated heterocycles. The van der Waals surface area contributed by atoms with E-state index < -0.39 is 0 Å². The van der Waals surface area contributed by atoms with Gasteiger partial charge in [-0.25, -0.2) is 0 Å². The van der Waals surface area contributed by atoms with Gasteiger partial charge in [0.25, 0.3) is 0 Å². The summed E-state index contributed by atoms with van der Waals surface area (Å²) in [6.07, 6.45) is 0. The highest BCUT2D eigenvalue weighted by atomic mass is 35.5. The maximum absolute atomic E-state index is 6.05. The third-order valence-electron chi connectivity index (χ3n) is 4.60. The smallest absolute Gasteiger partial charge is 0.191 e. The van der Waals surface area contributed by atoms with Crippen molar-refractivity contribution in [3.8, 4) is 11.4 Å². The Morgan fingerprint density at radius 3 is 2.46 bits per heavy atom. The molecule has 1 heterocycles. The second kappa shape index (κ2) is 8.38. The maximum Gasteiger partial charge on any atom is 0.191 e. The quantitative estimate of drug-likeness (QED) is 0.333. The van der Waals surface area contributed by atoms with E-state index in [0.29, 0.717) is 5.92 Å². The van der Waals surface area contributed by atoms with Crippen LogP contribution in [0.3, 0.4) is 0 Å². The average Bonchev–Trinajstić information content (AvgIpc) is 3.08. The Balaban J connectivity index is 1.64. The lowest BCUT2D eigenvalue weighted by atomic mass is 10.1. The van der Waals surface area contributed by atoms with Crippen LogP contribution in [-0.4, -0.2) is 14.8 Å². The van der Waals surface area contributed by atoms with Gasteiger partial charge in [-0.3, -0.25) is 0 Å². The molecule has 3 nitrogen and oxygen atoms in total. The normalized spacial score (nSPS) is 11.4. The molecule has 0 aliphatic rings. The van der Waals surface area contributed by atoms with E-state index in [1.54, 1.807) is 11.8 Å². The molecule has 28 heavy (non-hydrogen) atoms. The molecular weight excluding hydrogens is 386 g/mol. The summed E-state index contributed by atoms with van der Waals surface area (Å²) in [6.45, 7) is 5.30. The van der Waals surface area contributed by atoms with Crippen LogP contribution in [0.1, 0.15) is 19.4 Å². The number of hydrogen-bond acceptors (Lipinski definition) is 3. The van der Waals surface area contributed by atoms with E-state index in [2.05, 4.69) is 71.1 Å². The van der Waals surface area contributed by atoms with Gasteiger partial charge in [0.2, 0.25) is 0 Å². The minimum Gasteiger partial charge on any atom is -0.302 e. The van der Waals surface area contributed by atoms with Crippen LogP contribution in [0.2, 0.25) is 5.02 Å². The van der Waals surface area contributed by atoms with E-state index in [9.17, 15) is 0 Å². The van der Waals surface area contributed by atoms with Crippen LogP contribution in [0.4, 0.5) is 0 Å². The number of thioether (sulfide) groups is 1. The van der Waals surface area contributed by atoms with Gasteiger partial charge in [-0.05, 0) is 46.5 Å². The van der Waals surface area contributed by atoms with Crippen LogP contribution in [0.25, 0.3) is 22.2 Å². The Kier molecular flexibility index (Phi) is 5.69. The van der Waals surface area contributed by atoms with Crippen molar-refractivity contribution >= 4 is 34.1 Å². The van der Waals surface area contributed by atoms with E-state index in [1.165, 1.54) is 16.3 Å². The Bertz CT molecular complexity index is 1080. The van der Waals surface area contributed by atoms with Crippen molar-refractivity contribution in [1.29, 1.82) is 0 Å². The number of halogens is 1. The Hall–Kier alpha value is -2.30. The zero-order valence-electron chi connectivity index (χ0n) is 16.0. The number of fused-ring (bicyclic) bond motifs is 1. The molecule has 0 bridgehead atoms. The molecule has 4 aromatic rings. The zero-order chi connectivity index (χ0) is 19.5. The molecule has 4 rings (SSSR count). The lowest BCUT2D eigenvalue weighted by Gasteiger charge is -2.13. The molecule has 0 radical (unpaired) electrons. The fourth-order valence-corrected chi connectivity index (χ4v) is 4.38. The van der Waals surface area contributed by atoms with E-state index in [4.69, 9.17) is 11.6 Å². The fourth-order valence-electron chi connectivity index (χ4n) is 3.30. The second-order valence-electron chi connectivity index (χ2n) is 7.24. The molecule has 5 heteroatoms. The third kappa shape index (κ3) is 4.08. The van der Waals surface area contributed by atoms with E-state index in [-0.39, 0.29) is 0 Å². The van der Waals surface area contributed by atoms with Gasteiger partial charge in [-0.15, -0.1) is 10.2 Å². The largest absolute Gasteiger partial charge is 0.302 e. The molecule has 0 fully saturated rings. The van der Waals surface area contributed by atoms with Crippen molar-refractivity contribution < 1.29 is 0 Å². The average molecular weight is 408 g/mol. The van der Waals surface area contributed by atoms with E-state index in [0.717, 1.165) is 33.9 Å². The topological polar surface area (TPSA) is 30.7 Å². The Morgan fingerprint density at radius 2 is 1.68 bits per heavy atom. The standard InChI is InChI=1S/C23H22ClN3S/c1-16(2)14-27-22(18-10-12-20(24)13-11-18)25-26-23(27)28-15-19-8-5-7-17-6-3-4-9-21(17)19/h3-13,16H,14-15H2,1-2H3. The van der Waals surface area contributed by atoms with E-state index in [1.807, 2.05) is 24.3 Å². The molecule has 0 aliphatic heterocycles. The van der Waals surface area contributed by atoms with Crippen molar-refractivity contribution in [1.82, 2.24) is 14.8 Å². The third-order valence-corrected chi connectivity index (χ3v) is 5.87. The summed E-state index contributed by atoms with van der Waals surface area (Å²) in [5.41, 5.74) is 2.35. The van der Waals surface area contributed by atoms with Crippen LogP contribution in [0.5, 0.6) is 0 Å². The zero-order valence-corrected chi connectivity index (χ0v) is 17.5. The second-order valence-corrected chi connectivity index (χ2v) is 8.62. The first-order valence-electron chi connectivity index (χ1n) is 9.40. The summed E-state index contributed by atoms with van der Waals surface area (Å²) in [4.78, 5) is 0. The number of nitrogens with zero attached hydrogens (tertiary/aromatic N) is 3. The van der Waals surface area contributed by atoms with Gasteiger partial charge in [-0.1, -0.05) is 79.7 Å². The molecule has 0 saturated carbocycles. The predicted octanol–water partition coefficient (Wildman–Crippen LogP) is 6.70. The van der Waals surface area contributed by atoms with Gasteiger partial charge in [0.1, 0.15) is 0 Å². The van der Waals surface area contributed by atoms with Crippen LogP contribution in [-0.2, 0) is 12.3 Å². The monoisotopic (exact) mass is 407 g/mol. The van der Waals surface area contributed by atoms with Gasteiger partial charge >= 0.3 is 0 Å². The Morgan fingerprint density at radius 1 is 0.929 bits per heavy atom. The molecule has 1 aromatic heterocycles. The molecular formula is C23H22ClN3S. The summed E-state index contributed by atoms with van der Waals surface area (Å²) < 4.78 is 2.23. The number of benzene rings is 3. The van der Waals surface area contributed by atoms with Gasteiger partial charge in [-0.2, -0.15) is 0 Å². The van der Waals surface area contributed by atoms with Crippen molar-refractivity contribution in [2.24, 2.45) is 5.92 Å². The summed E-state index contributed by atoms with van der Waals surface area (Å²) in [7, 11) is 0. The molecule has 142 valence electrons.